The molecular formula is C21H28N2O4. The predicted octanol–water partition coefficient (Wildman–Crippen LogP) is 4.13. The van der Waals surface area contributed by atoms with E-state index in [0.29, 0.717) is 17.9 Å². The second-order valence-electron chi connectivity index (χ2n) is 6.45. The fraction of sp³-hybridized carbons (Fsp3) is 0.476. The van der Waals surface area contributed by atoms with Gasteiger partial charge in [0, 0.05) is 5.69 Å². The Morgan fingerprint density at radius 3 is 2.41 bits per heavy atom. The Morgan fingerprint density at radius 2 is 1.78 bits per heavy atom. The number of aryl methyl sites for hydroxylation is 1. The predicted molar refractivity (Wildman–Crippen MR) is 103 cm³/mol. The van der Waals surface area contributed by atoms with E-state index in [-0.39, 0.29) is 18.5 Å². The van der Waals surface area contributed by atoms with Crippen LogP contribution in [-0.4, -0.2) is 34.9 Å². The third-order valence-corrected chi connectivity index (χ3v) is 4.44. The summed E-state index contributed by atoms with van der Waals surface area (Å²) in [5.74, 6) is -0.0775. The monoisotopic (exact) mass is 372 g/mol. The molecule has 0 fully saturated rings. The molecule has 146 valence electrons. The molecule has 0 bridgehead atoms. The fourth-order valence-corrected chi connectivity index (χ4v) is 2.94. The Hall–Kier alpha value is -2.63. The van der Waals surface area contributed by atoms with Crippen molar-refractivity contribution in [3.8, 4) is 5.75 Å². The zero-order valence-electron chi connectivity index (χ0n) is 16.6. The molecule has 0 aliphatic heterocycles. The molecule has 2 rings (SSSR count). The van der Waals surface area contributed by atoms with Crippen molar-refractivity contribution >= 4 is 11.9 Å². The van der Waals surface area contributed by atoms with E-state index in [0.717, 1.165) is 36.2 Å². The lowest BCUT2D eigenvalue weighted by Crippen LogP contribution is -2.21. The molecule has 1 aromatic heterocycles. The van der Waals surface area contributed by atoms with Crippen molar-refractivity contribution in [1.29, 1.82) is 0 Å². The summed E-state index contributed by atoms with van der Waals surface area (Å²) in [5, 5.41) is 4.38. The van der Waals surface area contributed by atoms with Gasteiger partial charge in [-0.15, -0.1) is 0 Å². The van der Waals surface area contributed by atoms with Gasteiger partial charge in [-0.2, -0.15) is 5.10 Å². The molecule has 0 aliphatic rings. The summed E-state index contributed by atoms with van der Waals surface area (Å²) in [6.07, 6.45) is 4.37. The number of nitrogens with zero attached hydrogens (tertiary/aromatic N) is 2. The summed E-state index contributed by atoms with van der Waals surface area (Å²) >= 11 is 0. The second kappa shape index (κ2) is 9.90. The Kier molecular flexibility index (Phi) is 7.58. The van der Waals surface area contributed by atoms with Gasteiger partial charge in [0.15, 0.2) is 6.61 Å². The van der Waals surface area contributed by atoms with Crippen LogP contribution in [0.2, 0.25) is 0 Å². The van der Waals surface area contributed by atoms with Gasteiger partial charge in [-0.1, -0.05) is 19.8 Å². The van der Waals surface area contributed by atoms with Crippen LogP contribution in [0.1, 0.15) is 65.2 Å². The molecule has 1 heterocycles. The van der Waals surface area contributed by atoms with E-state index in [1.165, 1.54) is 11.1 Å². The number of carbonyl (C=O) groups excluding carboxylic acids is 2. The number of rotatable bonds is 9. The van der Waals surface area contributed by atoms with Crippen molar-refractivity contribution in [1.82, 2.24) is 9.78 Å². The van der Waals surface area contributed by atoms with Crippen LogP contribution in [0.5, 0.6) is 5.75 Å². The van der Waals surface area contributed by atoms with E-state index >= 15 is 0 Å². The van der Waals surface area contributed by atoms with Crippen molar-refractivity contribution in [3.63, 3.8) is 0 Å². The number of hydrogen-bond acceptors (Lipinski definition) is 5. The molecule has 6 heteroatoms. The Labute approximate surface area is 160 Å². The molecule has 2 aromatic rings. The van der Waals surface area contributed by atoms with Gasteiger partial charge in [-0.05, 0) is 63.4 Å². The van der Waals surface area contributed by atoms with E-state index in [4.69, 9.17) is 9.47 Å². The van der Waals surface area contributed by atoms with E-state index < -0.39 is 0 Å². The lowest BCUT2D eigenvalue weighted by molar-refractivity contribution is 0.0526. The number of benzene rings is 1. The molecule has 0 N–H and O–H groups in total. The minimum atomic E-state index is -0.377. The number of unbranched alkanes of at least 4 members (excludes halogenated alkanes) is 2. The molecule has 0 atom stereocenters. The highest BCUT2D eigenvalue weighted by atomic mass is 16.5. The van der Waals surface area contributed by atoms with Crippen LogP contribution in [0.25, 0.3) is 0 Å². The molecule has 0 saturated carbocycles. The maximum Gasteiger partial charge on any atom is 0.338 e. The highest BCUT2D eigenvalue weighted by Gasteiger charge is 2.17. The van der Waals surface area contributed by atoms with Gasteiger partial charge < -0.3 is 9.47 Å². The summed E-state index contributed by atoms with van der Waals surface area (Å²) in [6.45, 7) is 8.00. The van der Waals surface area contributed by atoms with Crippen molar-refractivity contribution in [3.05, 3.63) is 46.8 Å². The number of ether oxygens (including phenoxy) is 2. The molecule has 0 radical (unpaired) electrons. The summed E-state index contributed by atoms with van der Waals surface area (Å²) in [4.78, 5) is 24.1. The summed E-state index contributed by atoms with van der Waals surface area (Å²) in [7, 11) is 0. The van der Waals surface area contributed by atoms with E-state index in [1.54, 1.807) is 31.2 Å². The largest absolute Gasteiger partial charge is 0.484 e. The molecule has 1 aromatic carbocycles. The van der Waals surface area contributed by atoms with Gasteiger partial charge >= 0.3 is 5.97 Å². The quantitative estimate of drug-likeness (QED) is 0.489. The average Bonchev–Trinajstić information content (AvgIpc) is 2.95. The van der Waals surface area contributed by atoms with E-state index in [9.17, 15) is 9.59 Å². The average molecular weight is 372 g/mol. The first-order chi connectivity index (χ1) is 13.0. The van der Waals surface area contributed by atoms with Gasteiger partial charge in [0.25, 0.3) is 5.91 Å². The third-order valence-electron chi connectivity index (χ3n) is 4.44. The molecule has 27 heavy (non-hydrogen) atoms. The lowest BCUT2D eigenvalue weighted by atomic mass is 10.1. The van der Waals surface area contributed by atoms with Crippen LogP contribution in [0, 0.1) is 13.8 Å². The molecular weight excluding hydrogens is 344 g/mol. The zero-order chi connectivity index (χ0) is 19.8. The SMILES string of the molecule is CCCCCc1c(C)nn(C(=O)COc2ccc(C(=O)OCC)cc2)c1C. The minimum absolute atomic E-state index is 0.116. The van der Waals surface area contributed by atoms with Gasteiger partial charge in [0.2, 0.25) is 0 Å². The topological polar surface area (TPSA) is 70.4 Å². The maximum atomic E-state index is 12.5. The first-order valence-corrected chi connectivity index (χ1v) is 9.46. The smallest absolute Gasteiger partial charge is 0.338 e. The van der Waals surface area contributed by atoms with Crippen molar-refractivity contribution in [2.45, 2.75) is 53.4 Å². The Morgan fingerprint density at radius 1 is 1.07 bits per heavy atom. The molecule has 6 nitrogen and oxygen atoms in total. The Balaban J connectivity index is 1.97. The molecule has 0 amide bonds. The lowest BCUT2D eigenvalue weighted by Gasteiger charge is -2.08. The summed E-state index contributed by atoms with van der Waals surface area (Å²) in [5.41, 5.74) is 3.38. The maximum absolute atomic E-state index is 12.5. The van der Waals surface area contributed by atoms with Crippen LogP contribution < -0.4 is 4.74 Å². The van der Waals surface area contributed by atoms with E-state index in [1.807, 2.05) is 13.8 Å². The third kappa shape index (κ3) is 5.42. The molecule has 0 unspecified atom stereocenters. The summed E-state index contributed by atoms with van der Waals surface area (Å²) in [6, 6.07) is 6.54. The van der Waals surface area contributed by atoms with Crippen molar-refractivity contribution in [2.75, 3.05) is 13.2 Å². The zero-order valence-corrected chi connectivity index (χ0v) is 16.6. The molecule has 0 spiro atoms. The standard InChI is InChI=1S/C21H28N2O4/c1-5-7-8-9-19-15(3)22-23(16(19)4)20(24)14-27-18-12-10-17(11-13-18)21(25)26-6-2/h10-13H,5-9,14H2,1-4H3. The highest BCUT2D eigenvalue weighted by molar-refractivity contribution is 5.89. The summed E-state index contributed by atoms with van der Waals surface area (Å²) < 4.78 is 11.9. The van der Waals surface area contributed by atoms with Crippen molar-refractivity contribution in [2.24, 2.45) is 0 Å². The van der Waals surface area contributed by atoms with Crippen molar-refractivity contribution < 1.29 is 19.1 Å². The van der Waals surface area contributed by atoms with E-state index in [2.05, 4.69) is 12.0 Å². The molecule has 0 saturated heterocycles. The Bertz CT molecular complexity index is 778. The van der Waals surface area contributed by atoms with Crippen LogP contribution in [0.4, 0.5) is 0 Å². The van der Waals surface area contributed by atoms with Gasteiger partial charge in [0.05, 0.1) is 17.9 Å². The van der Waals surface area contributed by atoms with Gasteiger partial charge in [0.1, 0.15) is 5.75 Å². The number of carbonyl (C=O) groups is 2. The van der Waals surface area contributed by atoms with Crippen LogP contribution in [-0.2, 0) is 11.2 Å². The normalized spacial score (nSPS) is 10.7. The minimum Gasteiger partial charge on any atom is -0.484 e. The highest BCUT2D eigenvalue weighted by Crippen LogP contribution is 2.17. The number of aromatic nitrogens is 2. The first kappa shape index (κ1) is 20.7. The first-order valence-electron chi connectivity index (χ1n) is 9.46. The fourth-order valence-electron chi connectivity index (χ4n) is 2.94. The second-order valence-corrected chi connectivity index (χ2v) is 6.45. The number of hydrogen-bond donors (Lipinski definition) is 0. The number of esters is 1. The molecule has 0 aliphatic carbocycles. The van der Waals surface area contributed by atoms with Gasteiger partial charge in [-0.3, -0.25) is 4.79 Å². The van der Waals surface area contributed by atoms with Crippen LogP contribution in [0.15, 0.2) is 24.3 Å². The van der Waals surface area contributed by atoms with Gasteiger partial charge in [-0.25, -0.2) is 9.48 Å². The van der Waals surface area contributed by atoms with Crippen LogP contribution >= 0.6 is 0 Å². The van der Waals surface area contributed by atoms with Crippen LogP contribution in [0.3, 0.4) is 0 Å².